The van der Waals surface area contributed by atoms with Crippen LogP contribution in [-0.4, -0.2) is 25.0 Å². The Morgan fingerprint density at radius 1 is 1.50 bits per heavy atom. The molecule has 3 rings (SSSR count). The van der Waals surface area contributed by atoms with E-state index in [1.54, 1.807) is 11.3 Å². The van der Waals surface area contributed by atoms with Crippen LogP contribution in [0.25, 0.3) is 0 Å². The number of epoxide rings is 1. The van der Waals surface area contributed by atoms with Gasteiger partial charge in [-0.2, -0.15) is 0 Å². The molecular weight excluding hydrogens is 222 g/mol. The maximum Gasteiger partial charge on any atom is 0.121 e. The van der Waals surface area contributed by atoms with E-state index in [-0.39, 0.29) is 12.2 Å². The highest BCUT2D eigenvalue weighted by atomic mass is 32.1. The zero-order valence-electron chi connectivity index (χ0n) is 9.07. The van der Waals surface area contributed by atoms with Gasteiger partial charge in [0.15, 0.2) is 0 Å². The molecule has 3 nitrogen and oxygen atoms in total. The molecule has 4 heteroatoms. The minimum Gasteiger partial charge on any atom is -0.371 e. The first-order valence-electron chi connectivity index (χ1n) is 5.71. The van der Waals surface area contributed by atoms with Crippen LogP contribution in [0.4, 0.5) is 0 Å². The van der Waals surface area contributed by atoms with Crippen LogP contribution in [0.15, 0.2) is 11.4 Å². The summed E-state index contributed by atoms with van der Waals surface area (Å²) in [7, 11) is 0. The first kappa shape index (κ1) is 10.4. The molecule has 1 N–H and O–H groups in total. The molecule has 2 atom stereocenters. The predicted octanol–water partition coefficient (Wildman–Crippen LogP) is 2.56. The van der Waals surface area contributed by atoms with Gasteiger partial charge in [-0.3, -0.25) is 0 Å². The fraction of sp³-hybridized carbons (Fsp3) is 0.583. The average Bonchev–Trinajstić information content (AvgIpc) is 3.01. The fourth-order valence-electron chi connectivity index (χ4n) is 2.10. The lowest BCUT2D eigenvalue weighted by atomic mass is 10.1. The number of thiophene rings is 1. The Balaban J connectivity index is 1.79. The summed E-state index contributed by atoms with van der Waals surface area (Å²) < 4.78 is 11.0. The molecule has 16 heavy (non-hydrogen) atoms. The molecule has 0 amide bonds. The van der Waals surface area contributed by atoms with E-state index in [0.717, 1.165) is 31.6 Å². The molecule has 1 fully saturated rings. The van der Waals surface area contributed by atoms with E-state index in [4.69, 9.17) is 14.9 Å². The van der Waals surface area contributed by atoms with Gasteiger partial charge in [0.25, 0.3) is 0 Å². The summed E-state index contributed by atoms with van der Waals surface area (Å²) in [4.78, 5) is 1.39. The second kappa shape index (κ2) is 4.28. The standard InChI is InChI=1S/C12H15NO2S/c13-10-2-1-3-11-9(4-5-16-11)12(10)15-7-8-6-14-8/h4-5,8,12-13H,1-3,6-7H2. The lowest BCUT2D eigenvalue weighted by molar-refractivity contribution is 0.0823. The summed E-state index contributed by atoms with van der Waals surface area (Å²) >= 11 is 1.79. The molecule has 1 aromatic rings. The molecule has 0 aromatic carbocycles. The van der Waals surface area contributed by atoms with Gasteiger partial charge >= 0.3 is 0 Å². The van der Waals surface area contributed by atoms with Crippen LogP contribution in [0, 0.1) is 5.41 Å². The molecule has 0 spiro atoms. The molecule has 1 aliphatic carbocycles. The van der Waals surface area contributed by atoms with Crippen LogP contribution < -0.4 is 0 Å². The molecule has 2 aliphatic rings. The highest BCUT2D eigenvalue weighted by Crippen LogP contribution is 2.33. The van der Waals surface area contributed by atoms with Crippen LogP contribution in [0.3, 0.4) is 0 Å². The monoisotopic (exact) mass is 237 g/mol. The Bertz CT molecular complexity index is 397. The Morgan fingerprint density at radius 3 is 3.19 bits per heavy atom. The lowest BCUT2D eigenvalue weighted by Crippen LogP contribution is -2.16. The van der Waals surface area contributed by atoms with Crippen molar-refractivity contribution in [1.82, 2.24) is 0 Å². The van der Waals surface area contributed by atoms with Gasteiger partial charge in [0, 0.05) is 16.2 Å². The number of rotatable bonds is 3. The van der Waals surface area contributed by atoms with Gasteiger partial charge in [-0.05, 0) is 30.7 Å². The van der Waals surface area contributed by atoms with Crippen molar-refractivity contribution in [2.24, 2.45) is 0 Å². The second-order valence-corrected chi connectivity index (χ2v) is 5.35. The maximum atomic E-state index is 8.06. The van der Waals surface area contributed by atoms with Crippen LogP contribution in [0.2, 0.25) is 0 Å². The van der Waals surface area contributed by atoms with E-state index in [1.165, 1.54) is 10.4 Å². The Kier molecular flexibility index (Phi) is 2.79. The van der Waals surface area contributed by atoms with Gasteiger partial charge in [-0.25, -0.2) is 0 Å². The summed E-state index contributed by atoms with van der Waals surface area (Å²) in [6, 6.07) is 2.11. The largest absolute Gasteiger partial charge is 0.371 e. The summed E-state index contributed by atoms with van der Waals surface area (Å²) in [6.45, 7) is 1.44. The number of hydrogen-bond acceptors (Lipinski definition) is 4. The minimum absolute atomic E-state index is 0.118. The Labute approximate surface area is 98.9 Å². The Morgan fingerprint density at radius 2 is 2.38 bits per heavy atom. The summed E-state index contributed by atoms with van der Waals surface area (Å²) in [5.74, 6) is 0. The third kappa shape index (κ3) is 2.05. The zero-order chi connectivity index (χ0) is 11.0. The van der Waals surface area contributed by atoms with Crippen molar-refractivity contribution < 1.29 is 9.47 Å². The number of fused-ring (bicyclic) bond motifs is 1. The van der Waals surface area contributed by atoms with Crippen LogP contribution in [0.1, 0.15) is 29.4 Å². The summed E-state index contributed by atoms with van der Waals surface area (Å²) in [6.07, 6.45) is 3.19. The summed E-state index contributed by atoms with van der Waals surface area (Å²) in [5, 5.41) is 10.2. The molecule has 0 bridgehead atoms. The highest BCUT2D eigenvalue weighted by molar-refractivity contribution is 7.10. The molecular formula is C12H15NO2S. The zero-order valence-corrected chi connectivity index (χ0v) is 9.89. The molecule has 2 unspecified atom stereocenters. The third-order valence-electron chi connectivity index (χ3n) is 3.08. The van der Waals surface area contributed by atoms with Crippen molar-refractivity contribution in [2.45, 2.75) is 31.5 Å². The first-order valence-corrected chi connectivity index (χ1v) is 6.59. The van der Waals surface area contributed by atoms with Crippen molar-refractivity contribution in [3.8, 4) is 0 Å². The molecule has 86 valence electrons. The van der Waals surface area contributed by atoms with Crippen molar-refractivity contribution in [3.63, 3.8) is 0 Å². The third-order valence-corrected chi connectivity index (χ3v) is 4.08. The predicted molar refractivity (Wildman–Crippen MR) is 63.4 cm³/mol. The molecule has 0 radical (unpaired) electrons. The molecule has 1 aliphatic heterocycles. The molecule has 0 saturated carbocycles. The van der Waals surface area contributed by atoms with E-state index in [0.29, 0.717) is 6.61 Å². The van der Waals surface area contributed by atoms with Gasteiger partial charge in [0.2, 0.25) is 0 Å². The molecule has 1 saturated heterocycles. The first-order chi connectivity index (χ1) is 7.84. The maximum absolute atomic E-state index is 8.06. The van der Waals surface area contributed by atoms with Crippen molar-refractivity contribution in [1.29, 1.82) is 5.41 Å². The van der Waals surface area contributed by atoms with Gasteiger partial charge < -0.3 is 14.9 Å². The van der Waals surface area contributed by atoms with Crippen molar-refractivity contribution >= 4 is 17.0 Å². The summed E-state index contributed by atoms with van der Waals surface area (Å²) in [5.41, 5.74) is 1.94. The number of nitrogens with one attached hydrogen (secondary N) is 1. The molecule has 2 heterocycles. The lowest BCUT2D eigenvalue weighted by Gasteiger charge is -2.16. The van der Waals surface area contributed by atoms with Crippen LogP contribution >= 0.6 is 11.3 Å². The minimum atomic E-state index is -0.118. The smallest absolute Gasteiger partial charge is 0.121 e. The second-order valence-electron chi connectivity index (χ2n) is 4.35. The van der Waals surface area contributed by atoms with Gasteiger partial charge in [-0.15, -0.1) is 11.3 Å². The van der Waals surface area contributed by atoms with E-state index in [1.807, 2.05) is 0 Å². The quantitative estimate of drug-likeness (QED) is 0.648. The van der Waals surface area contributed by atoms with E-state index in [2.05, 4.69) is 11.4 Å². The van der Waals surface area contributed by atoms with Crippen molar-refractivity contribution in [2.75, 3.05) is 13.2 Å². The fourth-order valence-corrected chi connectivity index (χ4v) is 3.06. The van der Waals surface area contributed by atoms with E-state index < -0.39 is 0 Å². The van der Waals surface area contributed by atoms with Gasteiger partial charge in [0.1, 0.15) is 12.2 Å². The van der Waals surface area contributed by atoms with Gasteiger partial charge in [-0.1, -0.05) is 0 Å². The number of hydrogen-bond donors (Lipinski definition) is 1. The van der Waals surface area contributed by atoms with Crippen LogP contribution in [-0.2, 0) is 15.9 Å². The normalized spacial score (nSPS) is 28.6. The van der Waals surface area contributed by atoms with Crippen molar-refractivity contribution in [3.05, 3.63) is 21.9 Å². The van der Waals surface area contributed by atoms with Crippen LogP contribution in [0.5, 0.6) is 0 Å². The highest BCUT2D eigenvalue weighted by Gasteiger charge is 2.29. The van der Waals surface area contributed by atoms with E-state index >= 15 is 0 Å². The number of ether oxygens (including phenoxy) is 2. The van der Waals surface area contributed by atoms with E-state index in [9.17, 15) is 0 Å². The number of aryl methyl sites for hydroxylation is 1. The topological polar surface area (TPSA) is 45.6 Å². The van der Waals surface area contributed by atoms with Gasteiger partial charge in [0.05, 0.1) is 13.2 Å². The molecule has 1 aromatic heterocycles. The SMILES string of the molecule is N=C1CCCc2sccc2C1OCC1CO1. The Hall–Kier alpha value is -0.710. The average molecular weight is 237 g/mol.